The van der Waals surface area contributed by atoms with Crippen LogP contribution in [0.1, 0.15) is 321 Å². The van der Waals surface area contributed by atoms with Gasteiger partial charge in [0.25, 0.3) is 0 Å². The molecule has 82 heavy (non-hydrogen) atoms. The van der Waals surface area contributed by atoms with Crippen molar-refractivity contribution in [3.63, 3.8) is 0 Å². The summed E-state index contributed by atoms with van der Waals surface area (Å²) in [6.07, 6.45) is 69.4. The van der Waals surface area contributed by atoms with Crippen LogP contribution in [0.2, 0.25) is 39.3 Å². The van der Waals surface area contributed by atoms with Crippen LogP contribution in [0.25, 0.3) is 0 Å². The molecule has 9 saturated carbocycles. The van der Waals surface area contributed by atoms with Crippen molar-refractivity contribution in [1.82, 2.24) is 0 Å². The summed E-state index contributed by atoms with van der Waals surface area (Å²) in [4.78, 5) is 0. The van der Waals surface area contributed by atoms with E-state index in [1.165, 1.54) is 173 Å². The van der Waals surface area contributed by atoms with E-state index in [1.807, 2.05) is 0 Å². The van der Waals surface area contributed by atoms with Crippen molar-refractivity contribution >= 4 is 33.0 Å². The minimum absolute atomic E-state index is 0. The molecular formula is C76H144B2Pd2Si2. The first kappa shape index (κ1) is 84.6. The van der Waals surface area contributed by atoms with Gasteiger partial charge in [-0.25, -0.2) is 0 Å². The van der Waals surface area contributed by atoms with Gasteiger partial charge in [0.1, 0.15) is 16.1 Å². The molecule has 6 heteroatoms. The Bertz CT molecular complexity index is 1620. The molecule has 0 aliphatic heterocycles. The van der Waals surface area contributed by atoms with Crippen molar-refractivity contribution < 1.29 is 43.7 Å². The molecule has 0 N–H and O–H groups in total. The van der Waals surface area contributed by atoms with Crippen molar-refractivity contribution in [3.8, 4) is 35.3 Å². The van der Waals surface area contributed by atoms with Gasteiger partial charge in [0.2, 0.25) is 0 Å². The predicted octanol–water partition coefficient (Wildman–Crippen LogP) is 24.5. The second kappa shape index (κ2) is 47.5. The molecule has 9 aliphatic carbocycles. The normalized spacial score (nSPS) is 31.6. The van der Waals surface area contributed by atoms with E-state index >= 15 is 0 Å². The standard InChI is InChI=1S/C29H48.C22H40.C11H20Si.C7H14.C5H10Si.2CH4.2B.2Pd.2H2/c1-23-7-9-26(10-8-23)21-28-17-19-29(20-18-28)22-27-15-13-25(14-16-27)12-11-24-5-3-2-4-6-24;1-17-3-7-19(8-4-17)15-21-11-13-22(14-12-21)16-20-9-5-18(2)6-10-20;1-12(2,3)10-9-11-7-5-4-6-8-11;1-7-5-3-2-4-6-7;1-5-6(2,3)4;;;;;;;;/h23-29H,2-10,13-22H2,1H3;17-22H,3-16H2,1-2H3;11H,4-8H2,1-3H3;7H,2-6H2,1H3;1H,2-4H3;2*1H4;;;;;2*1H/i;;;;;;;;;;;2*1+1. The fourth-order valence-electron chi connectivity index (χ4n) is 15.9. The zero-order valence-electron chi connectivity index (χ0n) is 54.9. The van der Waals surface area contributed by atoms with E-state index in [4.69, 9.17) is 6.42 Å². The summed E-state index contributed by atoms with van der Waals surface area (Å²) in [7, 11) is -2.21. The van der Waals surface area contributed by atoms with Gasteiger partial charge in [-0.2, -0.15) is 0 Å². The molecule has 0 unspecified atom stereocenters. The van der Waals surface area contributed by atoms with Crippen LogP contribution in [0.15, 0.2) is 0 Å². The zero-order valence-corrected chi connectivity index (χ0v) is 60.0. The summed E-state index contributed by atoms with van der Waals surface area (Å²) in [5.41, 5.74) is 6.22. The van der Waals surface area contributed by atoms with Gasteiger partial charge in [-0.1, -0.05) is 293 Å². The number of rotatable bonds is 8. The van der Waals surface area contributed by atoms with Crippen LogP contribution in [0.5, 0.6) is 0 Å². The summed E-state index contributed by atoms with van der Waals surface area (Å²) >= 11 is 0. The fourth-order valence-corrected chi connectivity index (χ4v) is 16.5. The molecule has 0 amide bonds. The smallest absolute Gasteiger partial charge is 0.129 e. The van der Waals surface area contributed by atoms with Gasteiger partial charge in [0.15, 0.2) is 0 Å². The molecule has 0 saturated heterocycles. The Labute approximate surface area is 554 Å². The van der Waals surface area contributed by atoms with E-state index in [0.29, 0.717) is 0 Å². The molecule has 0 atom stereocenters. The van der Waals surface area contributed by atoms with Gasteiger partial charge in [-0.05, 0) is 148 Å². The third-order valence-electron chi connectivity index (χ3n) is 21.5. The Kier molecular flexibility index (Phi) is 49.0. The van der Waals surface area contributed by atoms with Crippen molar-refractivity contribution in [3.05, 3.63) is 0 Å². The molecule has 9 aliphatic rings. The van der Waals surface area contributed by atoms with Crippen LogP contribution < -0.4 is 0 Å². The Morgan fingerprint density at radius 1 is 0.293 bits per heavy atom. The monoisotopic (exact) mass is 1350 g/mol. The number of terminal acetylenes is 1. The second-order valence-electron chi connectivity index (χ2n) is 31.4. The summed E-state index contributed by atoms with van der Waals surface area (Å²) < 4.78 is 0. The molecule has 0 aromatic carbocycles. The van der Waals surface area contributed by atoms with Gasteiger partial charge in [-0.3, -0.25) is 0 Å². The maximum absolute atomic E-state index is 5.12. The molecule has 6 radical (unpaired) electrons. The van der Waals surface area contributed by atoms with Crippen molar-refractivity contribution in [2.24, 2.45) is 88.8 Å². The van der Waals surface area contributed by atoms with Crippen LogP contribution in [0.4, 0.5) is 0 Å². The minimum atomic E-state index is -1.10. The molecule has 0 nitrogen and oxygen atoms in total. The Morgan fingerprint density at radius 3 is 0.707 bits per heavy atom. The maximum Gasteiger partial charge on any atom is 0.129 e. The van der Waals surface area contributed by atoms with Crippen LogP contribution in [0, 0.1) is 124 Å². The van der Waals surface area contributed by atoms with Gasteiger partial charge in [0.05, 0.1) is 0 Å². The third-order valence-corrected chi connectivity index (χ3v) is 23.3. The largest absolute Gasteiger partial charge is 0.135 e. The molecule has 9 fully saturated rings. The van der Waals surface area contributed by atoms with Crippen molar-refractivity contribution in [2.45, 2.75) is 358 Å². The van der Waals surface area contributed by atoms with Crippen LogP contribution in [-0.2, 0) is 40.8 Å². The first-order chi connectivity index (χ1) is 36.5. The fraction of sp³-hybridized carbons (Fsp3) is 0.921. The number of hydrogen-bond acceptors (Lipinski definition) is 0. The predicted molar refractivity (Wildman–Crippen MR) is 374 cm³/mol. The Balaban J connectivity index is -0.000000516. The average molecular weight is 1350 g/mol. The summed E-state index contributed by atoms with van der Waals surface area (Å²) in [6, 6.07) is 0. The molecule has 0 aromatic heterocycles. The average Bonchev–Trinajstić information content (AvgIpc) is 3.42. The summed E-state index contributed by atoms with van der Waals surface area (Å²) in [5.74, 6) is 25.8. The van der Waals surface area contributed by atoms with E-state index in [9.17, 15) is 0 Å². The van der Waals surface area contributed by atoms with Crippen LogP contribution in [0.3, 0.4) is 0 Å². The van der Waals surface area contributed by atoms with Crippen LogP contribution >= 0.6 is 0 Å². The summed E-state index contributed by atoms with van der Waals surface area (Å²) in [5, 5.41) is 0. The van der Waals surface area contributed by atoms with Crippen molar-refractivity contribution in [2.75, 3.05) is 0 Å². The molecule has 482 valence electrons. The van der Waals surface area contributed by atoms with Gasteiger partial charge in [-0.15, -0.1) is 23.4 Å². The molecule has 9 rings (SSSR count). The van der Waals surface area contributed by atoms with E-state index in [0.717, 1.165) is 88.8 Å². The molecular weight excluding hydrogens is 1200 g/mol. The SMILES string of the molecule is C.C.C#C[Si](C)(C)C.CC1CCC(CC2CCC(CC3CCC(C#CC4CCCCC4)CC3)CC2)CC1.CC1CCC(CC2CCC(CC3CCC(C)CC3)CC2)CC1.CC1CCCCC1.C[Si](C)(C)C#CC1CCCCC1.[2HH].[2HH].[B].[B].[Pd].[Pd]. The topological polar surface area (TPSA) is 0 Å². The van der Waals surface area contributed by atoms with Gasteiger partial charge >= 0.3 is 0 Å². The minimum Gasteiger partial charge on any atom is -0.135 e. The first-order valence-corrected chi connectivity index (χ1v) is 42.0. The molecule has 0 spiro atoms. The Morgan fingerprint density at radius 2 is 0.488 bits per heavy atom. The summed E-state index contributed by atoms with van der Waals surface area (Å²) in [6.45, 7) is 23.1. The first-order valence-electron chi connectivity index (χ1n) is 35.0. The van der Waals surface area contributed by atoms with E-state index in [-0.39, 0.29) is 75.4 Å². The van der Waals surface area contributed by atoms with E-state index in [2.05, 4.69) is 95.8 Å². The molecule has 0 heterocycles. The maximum atomic E-state index is 5.12. The number of hydrogen-bond donors (Lipinski definition) is 0. The second-order valence-corrected chi connectivity index (χ2v) is 41.0. The van der Waals surface area contributed by atoms with Crippen LogP contribution in [-0.4, -0.2) is 33.0 Å². The van der Waals surface area contributed by atoms with E-state index < -0.39 is 16.1 Å². The quantitative estimate of drug-likeness (QED) is 0.168. The molecule has 0 aromatic rings. The third kappa shape index (κ3) is 38.9. The zero-order chi connectivity index (χ0) is 54.6. The van der Waals surface area contributed by atoms with Crippen molar-refractivity contribution in [1.29, 1.82) is 0 Å². The van der Waals surface area contributed by atoms with Gasteiger partial charge < -0.3 is 0 Å². The van der Waals surface area contributed by atoms with Gasteiger partial charge in [0, 0.05) is 78.3 Å². The Hall–Kier alpha value is 0.568. The van der Waals surface area contributed by atoms with E-state index in [1.54, 1.807) is 103 Å². The molecule has 0 bridgehead atoms.